The third kappa shape index (κ3) is 4.10. The van der Waals surface area contributed by atoms with E-state index in [1.165, 1.54) is 0 Å². The van der Waals surface area contributed by atoms with Crippen LogP contribution in [-0.4, -0.2) is 25.1 Å². The van der Waals surface area contributed by atoms with Crippen LogP contribution in [0.15, 0.2) is 32.1 Å². The quantitative estimate of drug-likeness (QED) is 0.783. The lowest BCUT2D eigenvalue weighted by atomic mass is 10.2. The zero-order valence-electron chi connectivity index (χ0n) is 11.3. The highest BCUT2D eigenvalue weighted by atomic mass is 79.9. The van der Waals surface area contributed by atoms with Crippen molar-refractivity contribution in [2.75, 3.05) is 6.54 Å². The van der Waals surface area contributed by atoms with Gasteiger partial charge in [0.25, 0.3) is 0 Å². The second-order valence-corrected chi connectivity index (χ2v) is 6.94. The molecule has 0 atom stereocenters. The van der Waals surface area contributed by atoms with E-state index in [1.54, 1.807) is 25.1 Å². The molecule has 0 unspecified atom stereocenters. The molecule has 21 heavy (non-hydrogen) atoms. The standard InChI is InChI=1S/C12H15BrN4O3S/c1-8-16-12(20-17-8)4-5-15-21(18,19)11-6-9(7-14)2-3-10(11)13/h2-3,6,15H,4-5,7,14H2,1H3. The maximum Gasteiger partial charge on any atom is 0.241 e. The van der Waals surface area contributed by atoms with Gasteiger partial charge < -0.3 is 10.3 Å². The van der Waals surface area contributed by atoms with Crippen molar-refractivity contribution in [3.63, 3.8) is 0 Å². The van der Waals surface area contributed by atoms with Crippen molar-refractivity contribution >= 4 is 26.0 Å². The van der Waals surface area contributed by atoms with E-state index < -0.39 is 10.0 Å². The van der Waals surface area contributed by atoms with Gasteiger partial charge in [-0.3, -0.25) is 0 Å². The van der Waals surface area contributed by atoms with Crippen LogP contribution in [0.4, 0.5) is 0 Å². The molecule has 2 rings (SSSR count). The Bertz CT molecular complexity index is 730. The van der Waals surface area contributed by atoms with Crippen molar-refractivity contribution < 1.29 is 12.9 Å². The molecule has 2 aromatic rings. The van der Waals surface area contributed by atoms with Crippen LogP contribution >= 0.6 is 15.9 Å². The van der Waals surface area contributed by atoms with Gasteiger partial charge in [0.1, 0.15) is 0 Å². The molecule has 3 N–H and O–H groups in total. The average molecular weight is 375 g/mol. The summed E-state index contributed by atoms with van der Waals surface area (Å²) in [5.74, 6) is 0.913. The molecule has 0 aliphatic carbocycles. The summed E-state index contributed by atoms with van der Waals surface area (Å²) in [7, 11) is -3.63. The number of rotatable bonds is 6. The number of aryl methyl sites for hydroxylation is 1. The molecule has 0 saturated carbocycles. The van der Waals surface area contributed by atoms with Gasteiger partial charge in [0.05, 0.1) is 4.90 Å². The van der Waals surface area contributed by atoms with E-state index in [2.05, 4.69) is 30.8 Å². The lowest BCUT2D eigenvalue weighted by molar-refractivity contribution is 0.375. The van der Waals surface area contributed by atoms with Gasteiger partial charge >= 0.3 is 0 Å². The van der Waals surface area contributed by atoms with Gasteiger partial charge in [-0.2, -0.15) is 4.98 Å². The van der Waals surface area contributed by atoms with Crippen molar-refractivity contribution in [2.24, 2.45) is 5.73 Å². The number of hydrogen-bond acceptors (Lipinski definition) is 6. The van der Waals surface area contributed by atoms with Crippen LogP contribution in [0.25, 0.3) is 0 Å². The first kappa shape index (κ1) is 16.1. The molecule has 0 spiro atoms. The second kappa shape index (κ2) is 6.65. The topological polar surface area (TPSA) is 111 Å². The van der Waals surface area contributed by atoms with Crippen molar-refractivity contribution in [3.05, 3.63) is 40.0 Å². The summed E-state index contributed by atoms with van der Waals surface area (Å²) in [4.78, 5) is 4.17. The number of nitrogens with one attached hydrogen (secondary N) is 1. The molecule has 7 nitrogen and oxygen atoms in total. The molecule has 114 valence electrons. The van der Waals surface area contributed by atoms with E-state index >= 15 is 0 Å². The Morgan fingerprint density at radius 1 is 1.43 bits per heavy atom. The number of aromatic nitrogens is 2. The summed E-state index contributed by atoms with van der Waals surface area (Å²) >= 11 is 3.23. The Kier molecular flexibility index (Phi) is 5.09. The zero-order chi connectivity index (χ0) is 15.5. The van der Waals surface area contributed by atoms with Gasteiger partial charge in [-0.05, 0) is 40.5 Å². The largest absolute Gasteiger partial charge is 0.339 e. The molecule has 0 radical (unpaired) electrons. The van der Waals surface area contributed by atoms with E-state index in [0.29, 0.717) is 22.6 Å². The van der Waals surface area contributed by atoms with E-state index in [-0.39, 0.29) is 18.0 Å². The maximum absolute atomic E-state index is 12.3. The molecule has 1 aromatic carbocycles. The summed E-state index contributed by atoms with van der Waals surface area (Å²) < 4.78 is 32.4. The highest BCUT2D eigenvalue weighted by Gasteiger charge is 2.18. The first-order valence-corrected chi connectivity index (χ1v) is 8.47. The number of nitrogens with zero attached hydrogens (tertiary/aromatic N) is 2. The first-order chi connectivity index (χ1) is 9.92. The predicted molar refractivity (Wildman–Crippen MR) is 80.0 cm³/mol. The fourth-order valence-corrected chi connectivity index (χ4v) is 3.74. The van der Waals surface area contributed by atoms with Crippen LogP contribution in [0.2, 0.25) is 0 Å². The normalized spacial score (nSPS) is 11.8. The predicted octanol–water partition coefficient (Wildman–Crippen LogP) is 1.12. The highest BCUT2D eigenvalue weighted by Crippen LogP contribution is 2.23. The van der Waals surface area contributed by atoms with Gasteiger partial charge in [0, 0.05) is 24.0 Å². The molecule has 1 heterocycles. The monoisotopic (exact) mass is 374 g/mol. The Morgan fingerprint density at radius 2 is 2.19 bits per heavy atom. The van der Waals surface area contributed by atoms with E-state index in [0.717, 1.165) is 5.56 Å². The summed E-state index contributed by atoms with van der Waals surface area (Å²) in [5, 5.41) is 3.64. The smallest absolute Gasteiger partial charge is 0.241 e. The molecule has 9 heteroatoms. The lowest BCUT2D eigenvalue weighted by Gasteiger charge is -2.09. The molecule has 0 saturated heterocycles. The van der Waals surface area contributed by atoms with Crippen LogP contribution in [0.5, 0.6) is 0 Å². The van der Waals surface area contributed by atoms with Gasteiger partial charge in [-0.15, -0.1) is 0 Å². The third-order valence-electron chi connectivity index (χ3n) is 2.72. The number of benzene rings is 1. The first-order valence-electron chi connectivity index (χ1n) is 6.20. The fraction of sp³-hybridized carbons (Fsp3) is 0.333. The number of hydrogen-bond donors (Lipinski definition) is 2. The Balaban J connectivity index is 2.07. The number of nitrogens with two attached hydrogens (primary N) is 1. The maximum atomic E-state index is 12.3. The molecule has 0 fully saturated rings. The van der Waals surface area contributed by atoms with E-state index in [4.69, 9.17) is 10.3 Å². The van der Waals surface area contributed by atoms with Crippen LogP contribution in [0.3, 0.4) is 0 Å². The van der Waals surface area contributed by atoms with E-state index in [1.807, 2.05) is 0 Å². The van der Waals surface area contributed by atoms with Crippen molar-refractivity contribution in [2.45, 2.75) is 24.8 Å². The highest BCUT2D eigenvalue weighted by molar-refractivity contribution is 9.10. The van der Waals surface area contributed by atoms with Crippen LogP contribution in [0, 0.1) is 6.92 Å². The molecule has 0 aliphatic heterocycles. The molecule has 1 aromatic heterocycles. The number of sulfonamides is 1. The minimum atomic E-state index is -3.63. The minimum Gasteiger partial charge on any atom is -0.339 e. The Hall–Kier alpha value is -1.29. The number of halogens is 1. The molecule has 0 aliphatic rings. The van der Waals surface area contributed by atoms with Crippen LogP contribution in [0.1, 0.15) is 17.3 Å². The van der Waals surface area contributed by atoms with Crippen molar-refractivity contribution in [1.29, 1.82) is 0 Å². The fourth-order valence-electron chi connectivity index (χ4n) is 1.69. The molecular formula is C12H15BrN4O3S. The lowest BCUT2D eigenvalue weighted by Crippen LogP contribution is -2.26. The minimum absolute atomic E-state index is 0.159. The van der Waals surface area contributed by atoms with Crippen LogP contribution in [-0.2, 0) is 23.0 Å². The van der Waals surface area contributed by atoms with Crippen LogP contribution < -0.4 is 10.5 Å². The van der Waals surface area contributed by atoms with Crippen molar-refractivity contribution in [3.8, 4) is 0 Å². The van der Waals surface area contributed by atoms with E-state index in [9.17, 15) is 8.42 Å². The van der Waals surface area contributed by atoms with Gasteiger partial charge in [0.2, 0.25) is 15.9 Å². The summed E-state index contributed by atoms with van der Waals surface area (Å²) in [5.41, 5.74) is 6.27. The zero-order valence-corrected chi connectivity index (χ0v) is 13.7. The van der Waals surface area contributed by atoms with Gasteiger partial charge in [-0.25, -0.2) is 13.1 Å². The van der Waals surface area contributed by atoms with Gasteiger partial charge in [0.15, 0.2) is 5.82 Å². The van der Waals surface area contributed by atoms with Gasteiger partial charge in [-0.1, -0.05) is 11.2 Å². The Labute approximate surface area is 131 Å². The summed E-state index contributed by atoms with van der Waals surface area (Å²) in [6.07, 6.45) is 0.328. The molecular weight excluding hydrogens is 360 g/mol. The average Bonchev–Trinajstić information content (AvgIpc) is 2.84. The Morgan fingerprint density at radius 3 is 2.81 bits per heavy atom. The van der Waals surface area contributed by atoms with Crippen molar-refractivity contribution in [1.82, 2.24) is 14.9 Å². The summed E-state index contributed by atoms with van der Waals surface area (Å²) in [6, 6.07) is 4.98. The summed E-state index contributed by atoms with van der Waals surface area (Å²) in [6.45, 7) is 2.15. The SMILES string of the molecule is Cc1noc(CCNS(=O)(=O)c2cc(CN)ccc2Br)n1. The molecule has 0 amide bonds. The molecule has 0 bridgehead atoms. The third-order valence-corrected chi connectivity index (χ3v) is 5.18. The second-order valence-electron chi connectivity index (χ2n) is 4.35.